The van der Waals surface area contributed by atoms with E-state index in [-0.39, 0.29) is 5.41 Å². The molecule has 1 fully saturated rings. The van der Waals surface area contributed by atoms with Crippen molar-refractivity contribution in [3.05, 3.63) is 64.7 Å². The first-order chi connectivity index (χ1) is 11.0. The second kappa shape index (κ2) is 6.39. The number of hydrogen-bond acceptors (Lipinski definition) is 1. The molecule has 1 heteroatoms. The molecule has 0 heterocycles. The molecule has 0 aromatic heterocycles. The van der Waals surface area contributed by atoms with E-state index in [1.807, 2.05) is 6.07 Å². The molecule has 0 radical (unpaired) electrons. The van der Waals surface area contributed by atoms with E-state index in [9.17, 15) is 5.11 Å². The van der Waals surface area contributed by atoms with Gasteiger partial charge in [0, 0.05) is 5.41 Å². The van der Waals surface area contributed by atoms with Gasteiger partial charge in [0.1, 0.15) is 5.75 Å². The average molecular weight is 308 g/mol. The zero-order chi connectivity index (χ0) is 16.4. The summed E-state index contributed by atoms with van der Waals surface area (Å²) in [4.78, 5) is 0. The van der Waals surface area contributed by atoms with Gasteiger partial charge in [-0.1, -0.05) is 69.5 Å². The van der Waals surface area contributed by atoms with E-state index in [2.05, 4.69) is 57.2 Å². The molecular formula is C22H28O. The molecule has 1 saturated carbocycles. The minimum atomic E-state index is -0.0531. The second-order valence-electron chi connectivity index (χ2n) is 7.55. The van der Waals surface area contributed by atoms with Crippen LogP contribution >= 0.6 is 0 Å². The Morgan fingerprint density at radius 2 is 1.61 bits per heavy atom. The van der Waals surface area contributed by atoms with E-state index in [1.165, 1.54) is 48.8 Å². The molecule has 0 amide bonds. The van der Waals surface area contributed by atoms with Gasteiger partial charge in [0.25, 0.3) is 0 Å². The number of hydrogen-bond donors (Lipinski definition) is 1. The van der Waals surface area contributed by atoms with Gasteiger partial charge in [0.2, 0.25) is 0 Å². The predicted molar refractivity (Wildman–Crippen MR) is 97.2 cm³/mol. The van der Waals surface area contributed by atoms with Gasteiger partial charge in [-0.05, 0) is 54.0 Å². The van der Waals surface area contributed by atoms with Crippen LogP contribution in [0.1, 0.15) is 74.1 Å². The highest BCUT2D eigenvalue weighted by atomic mass is 16.3. The lowest BCUT2D eigenvalue weighted by Crippen LogP contribution is -2.21. The van der Waals surface area contributed by atoms with Crippen LogP contribution in [-0.2, 0) is 5.41 Å². The largest absolute Gasteiger partial charge is 0.508 e. The highest BCUT2D eigenvalue weighted by Gasteiger charge is 2.28. The Bertz CT molecular complexity index is 664. The lowest BCUT2D eigenvalue weighted by atomic mass is 9.74. The number of aromatic hydroxyl groups is 1. The van der Waals surface area contributed by atoms with Crippen LogP contribution in [-0.4, -0.2) is 5.11 Å². The molecule has 0 saturated heterocycles. The number of phenols is 1. The molecule has 122 valence electrons. The average Bonchev–Trinajstić information content (AvgIpc) is 2.56. The summed E-state index contributed by atoms with van der Waals surface area (Å²) in [5, 5.41) is 10.5. The van der Waals surface area contributed by atoms with Crippen molar-refractivity contribution in [2.24, 2.45) is 0 Å². The van der Waals surface area contributed by atoms with Crippen LogP contribution in [0.4, 0.5) is 0 Å². The molecule has 0 unspecified atom stereocenters. The topological polar surface area (TPSA) is 20.2 Å². The van der Waals surface area contributed by atoms with Crippen LogP contribution in [0.2, 0.25) is 0 Å². The van der Waals surface area contributed by atoms with Gasteiger partial charge in [-0.25, -0.2) is 0 Å². The number of benzene rings is 2. The van der Waals surface area contributed by atoms with E-state index < -0.39 is 0 Å². The normalized spacial score (nSPS) is 16.5. The molecule has 2 aromatic rings. The predicted octanol–water partition coefficient (Wildman–Crippen LogP) is 6.07. The first kappa shape index (κ1) is 16.1. The third-order valence-corrected chi connectivity index (χ3v) is 5.59. The van der Waals surface area contributed by atoms with Crippen molar-refractivity contribution in [1.82, 2.24) is 0 Å². The Labute approximate surface area is 140 Å². The second-order valence-corrected chi connectivity index (χ2v) is 7.55. The summed E-state index contributed by atoms with van der Waals surface area (Å²) in [7, 11) is 0. The lowest BCUT2D eigenvalue weighted by Gasteiger charge is -2.31. The third kappa shape index (κ3) is 3.15. The van der Waals surface area contributed by atoms with Crippen molar-refractivity contribution in [3.63, 3.8) is 0 Å². The zero-order valence-electron chi connectivity index (χ0n) is 14.6. The van der Waals surface area contributed by atoms with E-state index in [1.54, 1.807) is 0 Å². The van der Waals surface area contributed by atoms with Crippen molar-refractivity contribution >= 4 is 0 Å². The summed E-state index contributed by atoms with van der Waals surface area (Å²) in [6.07, 6.45) is 6.33. The highest BCUT2D eigenvalue weighted by molar-refractivity contribution is 5.49. The molecule has 1 nitrogen and oxygen atoms in total. The monoisotopic (exact) mass is 308 g/mol. The summed E-state index contributed by atoms with van der Waals surface area (Å²) in [5.41, 5.74) is 4.94. The summed E-state index contributed by atoms with van der Waals surface area (Å²) in [6, 6.07) is 14.9. The van der Waals surface area contributed by atoms with Crippen molar-refractivity contribution in [3.8, 4) is 5.75 Å². The van der Waals surface area contributed by atoms with Gasteiger partial charge < -0.3 is 5.11 Å². The Kier molecular flexibility index (Phi) is 4.48. The molecule has 3 rings (SSSR count). The van der Waals surface area contributed by atoms with Crippen LogP contribution in [0.5, 0.6) is 5.75 Å². The molecule has 1 aliphatic rings. The smallest absolute Gasteiger partial charge is 0.119 e. The molecule has 0 bridgehead atoms. The van der Waals surface area contributed by atoms with Gasteiger partial charge in [-0.2, -0.15) is 0 Å². The van der Waals surface area contributed by atoms with Crippen LogP contribution in [0.25, 0.3) is 0 Å². The summed E-state index contributed by atoms with van der Waals surface area (Å²) in [6.45, 7) is 6.68. The minimum Gasteiger partial charge on any atom is -0.508 e. The maximum atomic E-state index is 10.5. The first-order valence-corrected chi connectivity index (χ1v) is 8.89. The van der Waals surface area contributed by atoms with Gasteiger partial charge in [0.05, 0.1) is 0 Å². The molecule has 2 aromatic carbocycles. The third-order valence-electron chi connectivity index (χ3n) is 5.59. The van der Waals surface area contributed by atoms with Gasteiger partial charge in [-0.15, -0.1) is 0 Å². The lowest BCUT2D eigenvalue weighted by molar-refractivity contribution is 0.413. The van der Waals surface area contributed by atoms with Crippen molar-refractivity contribution in [2.45, 2.75) is 64.2 Å². The maximum Gasteiger partial charge on any atom is 0.119 e. The highest BCUT2D eigenvalue weighted by Crippen LogP contribution is 2.42. The van der Waals surface area contributed by atoms with Gasteiger partial charge in [-0.3, -0.25) is 0 Å². The van der Waals surface area contributed by atoms with Gasteiger partial charge >= 0.3 is 0 Å². The number of rotatable bonds is 3. The quantitative estimate of drug-likeness (QED) is 0.729. The fraction of sp³-hybridized carbons (Fsp3) is 0.455. The van der Waals surface area contributed by atoms with E-state index in [0.29, 0.717) is 11.7 Å². The maximum absolute atomic E-state index is 10.5. The molecule has 0 spiro atoms. The molecule has 1 aliphatic carbocycles. The fourth-order valence-electron chi connectivity index (χ4n) is 4.13. The SMILES string of the molecule is Cc1cc(O)c(C2CCCCC2)cc1C(C)(C)c1ccccc1. The zero-order valence-corrected chi connectivity index (χ0v) is 14.6. The van der Waals surface area contributed by atoms with Crippen molar-refractivity contribution < 1.29 is 5.11 Å². The Morgan fingerprint density at radius 1 is 0.957 bits per heavy atom. The van der Waals surface area contributed by atoms with Crippen molar-refractivity contribution in [1.29, 1.82) is 0 Å². The van der Waals surface area contributed by atoms with Gasteiger partial charge in [0.15, 0.2) is 0 Å². The Balaban J connectivity index is 2.05. The summed E-state index contributed by atoms with van der Waals surface area (Å²) >= 11 is 0. The van der Waals surface area contributed by atoms with Crippen molar-refractivity contribution in [2.75, 3.05) is 0 Å². The van der Waals surface area contributed by atoms with Crippen LogP contribution in [0.15, 0.2) is 42.5 Å². The Hall–Kier alpha value is -1.76. The molecule has 23 heavy (non-hydrogen) atoms. The first-order valence-electron chi connectivity index (χ1n) is 8.89. The molecule has 0 atom stereocenters. The van der Waals surface area contributed by atoms with E-state index >= 15 is 0 Å². The standard InChI is InChI=1S/C22H28O/c1-16-14-21(23)19(17-10-6-4-7-11-17)15-20(16)22(2,3)18-12-8-5-9-13-18/h5,8-9,12-15,17,23H,4,6-7,10-11H2,1-3H3. The summed E-state index contributed by atoms with van der Waals surface area (Å²) in [5.74, 6) is 1.01. The number of aryl methyl sites for hydroxylation is 1. The molecular weight excluding hydrogens is 280 g/mol. The van der Waals surface area contributed by atoms with Crippen LogP contribution in [0, 0.1) is 6.92 Å². The molecule has 0 aliphatic heterocycles. The summed E-state index contributed by atoms with van der Waals surface area (Å²) < 4.78 is 0. The van der Waals surface area contributed by atoms with E-state index in [0.717, 1.165) is 5.56 Å². The molecule has 1 N–H and O–H groups in total. The Morgan fingerprint density at radius 3 is 2.26 bits per heavy atom. The fourth-order valence-corrected chi connectivity index (χ4v) is 4.13. The van der Waals surface area contributed by atoms with Crippen LogP contribution in [0.3, 0.4) is 0 Å². The minimum absolute atomic E-state index is 0.0531. The van der Waals surface area contributed by atoms with Crippen LogP contribution < -0.4 is 0 Å². The number of phenolic OH excluding ortho intramolecular Hbond substituents is 1. The van der Waals surface area contributed by atoms with E-state index in [4.69, 9.17) is 0 Å².